The lowest BCUT2D eigenvalue weighted by Crippen LogP contribution is -2.29. The molecular formula is C28H24ClNO8. The summed E-state index contributed by atoms with van der Waals surface area (Å²) in [6, 6.07) is 13.8. The van der Waals surface area contributed by atoms with Crippen LogP contribution in [0.2, 0.25) is 5.02 Å². The van der Waals surface area contributed by atoms with Crippen LogP contribution in [0, 0.1) is 0 Å². The van der Waals surface area contributed by atoms with Crippen LogP contribution in [0.15, 0.2) is 60.2 Å². The number of aliphatic hydroxyl groups is 1. The number of ketones is 1. The number of hydrogen-bond donors (Lipinski definition) is 1. The molecule has 0 radical (unpaired) electrons. The van der Waals surface area contributed by atoms with E-state index in [1.807, 2.05) is 0 Å². The number of carbonyl (C=O) groups is 2. The molecule has 2 heterocycles. The average molecular weight is 538 g/mol. The van der Waals surface area contributed by atoms with Crippen LogP contribution >= 0.6 is 11.6 Å². The van der Waals surface area contributed by atoms with Crippen molar-refractivity contribution in [2.45, 2.75) is 6.04 Å². The second-order valence-corrected chi connectivity index (χ2v) is 8.87. The van der Waals surface area contributed by atoms with E-state index in [4.69, 9.17) is 35.3 Å². The third-order valence-electron chi connectivity index (χ3n) is 6.39. The van der Waals surface area contributed by atoms with Crippen LogP contribution in [-0.2, 0) is 9.59 Å². The highest BCUT2D eigenvalue weighted by molar-refractivity contribution is 6.51. The smallest absolute Gasteiger partial charge is 0.300 e. The molecule has 10 heteroatoms. The van der Waals surface area contributed by atoms with Crippen LogP contribution in [0.3, 0.4) is 0 Å². The topological polar surface area (TPSA) is 104 Å². The van der Waals surface area contributed by atoms with E-state index in [9.17, 15) is 14.7 Å². The molecule has 38 heavy (non-hydrogen) atoms. The van der Waals surface area contributed by atoms with Gasteiger partial charge in [-0.05, 0) is 35.9 Å². The molecule has 9 nitrogen and oxygen atoms in total. The fourth-order valence-electron chi connectivity index (χ4n) is 4.60. The quantitative estimate of drug-likeness (QED) is 0.273. The first-order chi connectivity index (χ1) is 18.4. The largest absolute Gasteiger partial charge is 0.507 e. The average Bonchev–Trinajstić information content (AvgIpc) is 3.22. The molecule has 0 saturated carbocycles. The molecule has 0 bridgehead atoms. The monoisotopic (exact) mass is 537 g/mol. The first kappa shape index (κ1) is 25.3. The van der Waals surface area contributed by atoms with E-state index in [0.717, 1.165) is 0 Å². The summed E-state index contributed by atoms with van der Waals surface area (Å²) in [6.07, 6.45) is 0. The van der Waals surface area contributed by atoms with Gasteiger partial charge in [0.15, 0.2) is 11.5 Å². The maximum Gasteiger partial charge on any atom is 0.300 e. The molecule has 1 N–H and O–H groups in total. The lowest BCUT2D eigenvalue weighted by atomic mass is 9.94. The Hall–Kier alpha value is -4.37. The zero-order chi connectivity index (χ0) is 27.0. The van der Waals surface area contributed by atoms with Crippen molar-refractivity contribution in [3.8, 4) is 28.7 Å². The minimum atomic E-state index is -1.00. The number of ether oxygens (including phenoxy) is 5. The van der Waals surface area contributed by atoms with Gasteiger partial charge in [0.25, 0.3) is 11.7 Å². The SMILES string of the molecule is COc1cccc(C2/C(=C(\O)c3cc(OC)c(Cl)cc3OC)C(=O)C(=O)N2c2ccc3c(c2)OCCO3)c1. The van der Waals surface area contributed by atoms with Gasteiger partial charge in [0.2, 0.25) is 0 Å². The summed E-state index contributed by atoms with van der Waals surface area (Å²) < 4.78 is 27.4. The zero-order valence-electron chi connectivity index (χ0n) is 20.8. The van der Waals surface area contributed by atoms with E-state index in [2.05, 4.69) is 0 Å². The molecule has 1 atom stereocenters. The summed E-state index contributed by atoms with van der Waals surface area (Å²) >= 11 is 6.25. The second-order valence-electron chi connectivity index (χ2n) is 8.46. The van der Waals surface area contributed by atoms with Gasteiger partial charge in [0.1, 0.15) is 36.2 Å². The first-order valence-electron chi connectivity index (χ1n) is 11.6. The van der Waals surface area contributed by atoms with Crippen LogP contribution in [-0.4, -0.2) is 51.3 Å². The zero-order valence-corrected chi connectivity index (χ0v) is 21.6. The molecule has 2 aliphatic heterocycles. The number of aliphatic hydroxyl groups excluding tert-OH is 1. The van der Waals surface area contributed by atoms with Crippen LogP contribution in [0.4, 0.5) is 5.69 Å². The summed E-state index contributed by atoms with van der Waals surface area (Å²) in [7, 11) is 4.35. The van der Waals surface area contributed by atoms with Crippen molar-refractivity contribution in [2.24, 2.45) is 0 Å². The Morgan fingerprint density at radius 3 is 2.37 bits per heavy atom. The summed E-state index contributed by atoms with van der Waals surface area (Å²) in [5, 5.41) is 11.8. The van der Waals surface area contributed by atoms with Gasteiger partial charge in [0, 0.05) is 17.8 Å². The number of methoxy groups -OCH3 is 3. The number of fused-ring (bicyclic) bond motifs is 1. The lowest BCUT2D eigenvalue weighted by Gasteiger charge is -2.27. The van der Waals surface area contributed by atoms with Gasteiger partial charge in [-0.15, -0.1) is 0 Å². The van der Waals surface area contributed by atoms with Crippen molar-refractivity contribution in [2.75, 3.05) is 39.4 Å². The normalized spacial score (nSPS) is 17.9. The van der Waals surface area contributed by atoms with Crippen LogP contribution in [0.5, 0.6) is 28.7 Å². The molecule has 1 unspecified atom stereocenters. The molecule has 1 amide bonds. The highest BCUT2D eigenvalue weighted by Gasteiger charge is 2.47. The van der Waals surface area contributed by atoms with Gasteiger partial charge in [-0.3, -0.25) is 14.5 Å². The van der Waals surface area contributed by atoms with Crippen molar-refractivity contribution in [3.05, 3.63) is 76.3 Å². The van der Waals surface area contributed by atoms with Gasteiger partial charge in [0.05, 0.1) is 43.5 Å². The maximum absolute atomic E-state index is 13.6. The van der Waals surface area contributed by atoms with E-state index in [1.54, 1.807) is 42.5 Å². The Bertz CT molecular complexity index is 1470. The van der Waals surface area contributed by atoms with Crippen LogP contribution in [0.25, 0.3) is 5.76 Å². The third-order valence-corrected chi connectivity index (χ3v) is 6.68. The molecular weight excluding hydrogens is 514 g/mol. The molecule has 3 aromatic rings. The van der Waals surface area contributed by atoms with E-state index in [1.165, 1.54) is 38.4 Å². The van der Waals surface area contributed by atoms with E-state index in [0.29, 0.717) is 41.7 Å². The Labute approximate surface area is 223 Å². The summed E-state index contributed by atoms with van der Waals surface area (Å²) in [6.45, 7) is 0.764. The Balaban J connectivity index is 1.75. The fraction of sp³-hybridized carbons (Fsp3) is 0.214. The summed E-state index contributed by atoms with van der Waals surface area (Å²) in [4.78, 5) is 28.4. The molecule has 1 fully saturated rings. The first-order valence-corrected chi connectivity index (χ1v) is 12.0. The molecule has 3 aromatic carbocycles. The number of halogens is 1. The van der Waals surface area contributed by atoms with E-state index < -0.39 is 23.5 Å². The van der Waals surface area contributed by atoms with Crippen molar-refractivity contribution in [3.63, 3.8) is 0 Å². The summed E-state index contributed by atoms with van der Waals surface area (Å²) in [5.74, 6) is -0.186. The Morgan fingerprint density at radius 2 is 1.66 bits per heavy atom. The number of anilines is 1. The van der Waals surface area contributed by atoms with Crippen LogP contribution in [0.1, 0.15) is 17.2 Å². The lowest BCUT2D eigenvalue weighted by molar-refractivity contribution is -0.132. The molecule has 2 aliphatic rings. The third kappa shape index (κ3) is 4.24. The van der Waals surface area contributed by atoms with Gasteiger partial charge in [-0.25, -0.2) is 0 Å². The minimum Gasteiger partial charge on any atom is -0.507 e. The molecule has 196 valence electrons. The standard InChI is InChI=1S/C28H24ClNO8/c1-34-17-6-4-5-15(11-17)25-24(26(31)18-13-22(36-3)19(29)14-21(18)35-2)27(32)28(33)30(25)16-7-8-20-23(12-16)38-10-9-37-20/h4-8,11-14,25,31H,9-10H2,1-3H3/b26-24+. The van der Waals surface area contributed by atoms with E-state index >= 15 is 0 Å². The van der Waals surface area contributed by atoms with Gasteiger partial charge >= 0.3 is 0 Å². The number of Topliss-reactive ketones (excluding diaryl/α,β-unsaturated/α-hetero) is 1. The molecule has 5 rings (SSSR count). The highest BCUT2D eigenvalue weighted by atomic mass is 35.5. The van der Waals surface area contributed by atoms with E-state index in [-0.39, 0.29) is 27.7 Å². The maximum atomic E-state index is 13.6. The summed E-state index contributed by atoms with van der Waals surface area (Å²) in [5.41, 5.74) is 0.936. The molecule has 0 spiro atoms. The number of amides is 1. The van der Waals surface area contributed by atoms with Crippen molar-refractivity contribution >= 4 is 34.7 Å². The highest BCUT2D eigenvalue weighted by Crippen LogP contribution is 2.46. The number of carbonyl (C=O) groups excluding carboxylic acids is 2. The number of benzene rings is 3. The molecule has 1 saturated heterocycles. The van der Waals surface area contributed by atoms with Crippen molar-refractivity contribution in [1.29, 1.82) is 0 Å². The minimum absolute atomic E-state index is 0.138. The number of nitrogens with zero attached hydrogens (tertiary/aromatic N) is 1. The fourth-order valence-corrected chi connectivity index (χ4v) is 4.83. The van der Waals surface area contributed by atoms with Crippen LogP contribution < -0.4 is 28.6 Å². The van der Waals surface area contributed by atoms with Gasteiger partial charge in [-0.2, -0.15) is 0 Å². The number of rotatable bonds is 6. The Kier molecular flexibility index (Phi) is 6.77. The molecule has 0 aliphatic carbocycles. The second kappa shape index (κ2) is 10.2. The van der Waals surface area contributed by atoms with Gasteiger partial charge < -0.3 is 28.8 Å². The Morgan fingerprint density at radius 1 is 0.921 bits per heavy atom. The predicted molar refractivity (Wildman–Crippen MR) is 140 cm³/mol. The van der Waals surface area contributed by atoms with Crippen molar-refractivity contribution in [1.82, 2.24) is 0 Å². The van der Waals surface area contributed by atoms with Gasteiger partial charge in [-0.1, -0.05) is 23.7 Å². The van der Waals surface area contributed by atoms with Crippen molar-refractivity contribution < 1.29 is 38.4 Å². The predicted octanol–water partition coefficient (Wildman–Crippen LogP) is 4.76. The molecule has 0 aromatic heterocycles. The number of hydrogen-bond acceptors (Lipinski definition) is 8.